The number of Topliss-reactive ketones (excluding diaryl/α,β-unsaturated/α-hetero) is 2. The number of carbonyl (C=O) groups excluding carboxylic acids is 2. The van der Waals surface area contributed by atoms with Gasteiger partial charge >= 0.3 is 29.8 Å². The lowest BCUT2D eigenvalue weighted by Gasteiger charge is -2.16. The van der Waals surface area contributed by atoms with Gasteiger partial charge < -0.3 is 73.4 Å². The molecule has 0 spiro atoms. The molecule has 0 radical (unpaired) electrons. The summed E-state index contributed by atoms with van der Waals surface area (Å²) in [7, 11) is 2.93. The number of carboxylic acid groups (broad SMARTS) is 5. The molecule has 5 heterocycles. The summed E-state index contributed by atoms with van der Waals surface area (Å²) in [5.74, 6) is -2.50. The van der Waals surface area contributed by atoms with Gasteiger partial charge in [-0.05, 0) is 109 Å². The topological polar surface area (TPSA) is 382 Å². The van der Waals surface area contributed by atoms with Crippen LogP contribution in [-0.4, -0.2) is 143 Å². The third-order valence-corrected chi connectivity index (χ3v) is 19.1. The third kappa shape index (κ3) is 26.9. The van der Waals surface area contributed by atoms with E-state index in [-0.39, 0.29) is 52.8 Å². The number of rotatable bonds is 26. The summed E-state index contributed by atoms with van der Waals surface area (Å²) >= 11 is 22.4. The fourth-order valence-corrected chi connectivity index (χ4v) is 13.8. The highest BCUT2D eigenvalue weighted by Gasteiger charge is 2.26. The number of carboxylic acids is 5. The van der Waals surface area contributed by atoms with Crippen molar-refractivity contribution in [1.29, 1.82) is 0 Å². The molecule has 34 heteroatoms. The third-order valence-electron chi connectivity index (χ3n) is 13.4. The minimum absolute atomic E-state index is 0.00215. The number of aromatic nitrogens is 3. The van der Waals surface area contributed by atoms with Gasteiger partial charge in [0.15, 0.2) is 78.6 Å². The number of hydrogen-bond acceptors (Lipinski definition) is 25. The molecule has 5 aromatic carbocycles. The zero-order chi connectivity index (χ0) is 78.6. The highest BCUT2D eigenvalue weighted by Crippen LogP contribution is 2.39. The van der Waals surface area contributed by atoms with Crippen LogP contribution in [0.3, 0.4) is 0 Å². The van der Waals surface area contributed by atoms with Gasteiger partial charge in [-0.15, -0.1) is 40.6 Å². The summed E-state index contributed by atoms with van der Waals surface area (Å²) in [6.45, 7) is 17.1. The minimum Gasteiger partial charge on any atom is -0.493 e. The first-order valence-electron chi connectivity index (χ1n) is 30.9. The molecule has 10 rings (SSSR count). The molecule has 1 unspecified atom stereocenters. The second kappa shape index (κ2) is 41.7. The average Bonchev–Trinajstić information content (AvgIpc) is 1.69. The normalized spacial score (nSPS) is 13.7. The van der Waals surface area contributed by atoms with Crippen LogP contribution in [0.4, 0.5) is 0 Å². The maximum atomic E-state index is 12.4. The van der Waals surface area contributed by atoms with Gasteiger partial charge in [0.1, 0.15) is 11.5 Å². The minimum atomic E-state index is -1.10. The van der Waals surface area contributed by atoms with Crippen LogP contribution in [0.1, 0.15) is 54.5 Å². The number of carbonyl (C=O) groups is 7. The zero-order valence-electron chi connectivity index (χ0n) is 57.0. The summed E-state index contributed by atoms with van der Waals surface area (Å²) in [5, 5.41) is 43.8. The molecular weight excluding hydrogens is 1550 g/mol. The first-order chi connectivity index (χ1) is 50.9. The van der Waals surface area contributed by atoms with Crippen LogP contribution >= 0.6 is 93.6 Å². The number of nitrogens with one attached hydrogen (secondary N) is 2. The number of allylic oxidation sites excluding steroid dienone is 3. The maximum Gasteiger partial charge on any atom is 0.344 e. The Labute approximate surface area is 644 Å². The number of thiocarbonyl (C=S) groups is 2. The summed E-state index contributed by atoms with van der Waals surface area (Å²) in [6, 6.07) is 27.0. The monoisotopic (exact) mass is 1610 g/mol. The van der Waals surface area contributed by atoms with Crippen LogP contribution in [0, 0.1) is 0 Å². The highest BCUT2D eigenvalue weighted by atomic mass is 35.5. The lowest BCUT2D eigenvalue weighted by molar-refractivity contribution is -0.144. The number of H-pyrrole nitrogens is 2. The number of thioether (sulfide) groups is 2. The summed E-state index contributed by atoms with van der Waals surface area (Å²) in [5.41, 5.74) is 2.90. The molecule has 2 saturated heterocycles. The molecule has 1 atom stereocenters. The van der Waals surface area contributed by atoms with Gasteiger partial charge in [0.25, 0.3) is 16.7 Å². The number of benzene rings is 5. The van der Waals surface area contributed by atoms with E-state index in [0.717, 1.165) is 16.7 Å². The average molecular weight is 1610 g/mol. The molecule has 3 aromatic heterocycles. The second-order valence-corrected chi connectivity index (χ2v) is 28.9. The second-order valence-electron chi connectivity index (χ2n) is 21.3. The SMILES string of the molecule is C=CCn1c(=C)s/c(=C\c2cccc(OC)c2OCC(=O)O)c1=O.C=c1[nH]c(=O)/c(=C/c2ccc(OCC(=O)O)cc2)s1.C=c1[nH]c(=O)c(=Cc2ccc(OCC(=O)O)c(OCC)c2)s1.COc1cccc(/C=C2/SC(=S)CC2=O)c1OC(C)C(=O)O.O=C(O)COc1ccc(/C=C2/SC(=S)CC2=O)cc1Cl. The number of aliphatic carboxylic acids is 5. The lowest BCUT2D eigenvalue weighted by atomic mass is 10.1. The van der Waals surface area contributed by atoms with Gasteiger partial charge in [0, 0.05) is 17.7 Å². The van der Waals surface area contributed by atoms with Gasteiger partial charge in [0.2, 0.25) is 0 Å². The van der Waals surface area contributed by atoms with E-state index in [0.29, 0.717) is 116 Å². The predicted molar refractivity (Wildman–Crippen MR) is 421 cm³/mol. The van der Waals surface area contributed by atoms with Crippen molar-refractivity contribution in [3.8, 4) is 46.0 Å². The summed E-state index contributed by atoms with van der Waals surface area (Å²) in [6.07, 6.45) is 9.57. The molecule has 0 amide bonds. The molecule has 560 valence electrons. The Morgan fingerprint density at radius 2 is 1.04 bits per heavy atom. The Balaban J connectivity index is 0.000000210. The number of nitrogens with zero attached hydrogens (tertiary/aromatic N) is 1. The largest absolute Gasteiger partial charge is 0.493 e. The lowest BCUT2D eigenvalue weighted by Crippen LogP contribution is -2.30. The van der Waals surface area contributed by atoms with Crippen molar-refractivity contribution in [2.45, 2.75) is 39.3 Å². The molecule has 0 saturated carbocycles. The molecule has 107 heavy (non-hydrogen) atoms. The molecule has 7 N–H and O–H groups in total. The number of hydrogen-bond donors (Lipinski definition) is 7. The molecule has 0 bridgehead atoms. The van der Waals surface area contributed by atoms with Crippen LogP contribution in [-0.2, 0) is 40.1 Å². The first-order valence-corrected chi connectivity index (χ1v) is 36.2. The quantitative estimate of drug-likeness (QED) is 0.0156. The molecule has 2 aliphatic heterocycles. The van der Waals surface area contributed by atoms with Crippen molar-refractivity contribution >= 4 is 193 Å². The highest BCUT2D eigenvalue weighted by molar-refractivity contribution is 8.27. The molecule has 2 fully saturated rings. The first kappa shape index (κ1) is 85.0. The standard InChI is InChI=1S/C17H17NO5S.C15H15NO5S.C15H14O5S2.C13H9ClO4S2.C13H11NO4S/c1-4-8-18-11(2)24-14(17(18)21)9-12-6-5-7-13(22-3)16(12)23-10-15(19)20;1-3-20-12-6-10(4-5-11(12)21-8-14(17)18)7-13-15(19)16-9(2)22-13;1-8(15(17)18)20-14-9(4-3-5-11(14)19-2)6-12-10(16)7-13(21)22-12;14-8-3-7(1-2-10(8)18-6-12(16)17)4-11-9(15)5-13(19)20-11;1-8-14-13(17)11(19-8)6-9-2-4-10(5-3-9)18-7-12(15)16/h4-7,9H,1-2,8,10H2,3H3,(H,19,20);4-7H,2-3,8H2,1H3,(H,16,19)(H,17,18);3-6,8H,7H2,1-2H3,(H,17,18);1-4H,5-6H2,(H,16,17);2-6H,1,7H2,(H,14,17)(H,15,16)/b14-9-;;12-6+;11-4+;11-6-. The zero-order valence-corrected chi connectivity index (χ0v) is 63.5. The van der Waals surface area contributed by atoms with E-state index in [4.69, 9.17) is 99.5 Å². The number of aromatic amines is 2. The van der Waals surface area contributed by atoms with Gasteiger partial charge in [-0.1, -0.05) is 134 Å². The van der Waals surface area contributed by atoms with E-state index in [2.05, 4.69) is 36.3 Å². The fourth-order valence-electron chi connectivity index (χ4n) is 8.74. The van der Waals surface area contributed by atoms with E-state index >= 15 is 0 Å². The van der Waals surface area contributed by atoms with E-state index in [1.807, 2.05) is 6.92 Å². The van der Waals surface area contributed by atoms with Crippen LogP contribution in [0.15, 0.2) is 134 Å². The Bertz CT molecular complexity index is 5310. The van der Waals surface area contributed by atoms with Crippen molar-refractivity contribution in [2.24, 2.45) is 0 Å². The number of ketones is 2. The van der Waals surface area contributed by atoms with Gasteiger partial charge in [-0.3, -0.25) is 28.5 Å². The van der Waals surface area contributed by atoms with Crippen molar-refractivity contribution in [2.75, 3.05) is 47.3 Å². The van der Waals surface area contributed by atoms with E-state index in [1.165, 1.54) is 83.2 Å². The fraction of sp³-hybridized carbons (Fsp3) is 0.178. The number of halogens is 1. The number of ether oxygens (including phenoxy) is 8. The number of para-hydroxylation sites is 2. The van der Waals surface area contributed by atoms with Gasteiger partial charge in [-0.2, -0.15) is 0 Å². The van der Waals surface area contributed by atoms with E-state index in [9.17, 15) is 47.9 Å². The van der Waals surface area contributed by atoms with Gasteiger partial charge in [0.05, 0.1) is 84.5 Å². The van der Waals surface area contributed by atoms with Crippen molar-refractivity contribution in [1.82, 2.24) is 14.5 Å². The maximum absolute atomic E-state index is 12.4. The van der Waals surface area contributed by atoms with Crippen molar-refractivity contribution in [3.05, 3.63) is 211 Å². The van der Waals surface area contributed by atoms with Crippen LogP contribution in [0.5, 0.6) is 46.0 Å². The molecule has 0 aliphatic carbocycles. The summed E-state index contributed by atoms with van der Waals surface area (Å²) in [4.78, 5) is 118. The molecule has 8 aromatic rings. The predicted octanol–water partition coefficient (Wildman–Crippen LogP) is 7.58. The Morgan fingerprint density at radius 1 is 0.561 bits per heavy atom. The molecular formula is C73H66ClN3O23S7. The van der Waals surface area contributed by atoms with Crippen LogP contribution in [0.2, 0.25) is 5.02 Å². The van der Waals surface area contributed by atoms with E-state index < -0.39 is 55.8 Å². The Morgan fingerprint density at radius 3 is 1.51 bits per heavy atom. The molecule has 2 aliphatic rings. The van der Waals surface area contributed by atoms with Crippen LogP contribution < -0.4 is 82.2 Å². The summed E-state index contributed by atoms with van der Waals surface area (Å²) < 4.78 is 48.1. The Hall–Kier alpha value is -10.9. The van der Waals surface area contributed by atoms with Crippen molar-refractivity contribution < 1.29 is 97.0 Å². The smallest absolute Gasteiger partial charge is 0.344 e. The van der Waals surface area contributed by atoms with Crippen molar-refractivity contribution in [3.63, 3.8) is 0 Å². The number of methoxy groups -OCH3 is 2. The Kier molecular flexibility index (Phi) is 33.1. The molecule has 26 nitrogen and oxygen atoms in total. The van der Waals surface area contributed by atoms with Crippen LogP contribution in [0.25, 0.3) is 50.1 Å². The van der Waals surface area contributed by atoms with Gasteiger partial charge in [-0.25, -0.2) is 24.0 Å². The number of thiazole rings is 3. The van der Waals surface area contributed by atoms with E-state index in [1.54, 1.807) is 134 Å².